The molecule has 0 bridgehead atoms. The minimum absolute atomic E-state index is 0.0891. The largest absolute Gasteiger partial charge is 0.380 e. The van der Waals surface area contributed by atoms with Crippen LogP contribution in [0.2, 0.25) is 0 Å². The van der Waals surface area contributed by atoms with Gasteiger partial charge >= 0.3 is 0 Å². The van der Waals surface area contributed by atoms with Crippen LogP contribution in [0.4, 0.5) is 5.69 Å². The summed E-state index contributed by atoms with van der Waals surface area (Å²) in [6, 6.07) is 10.5. The van der Waals surface area contributed by atoms with Crippen molar-refractivity contribution in [1.82, 2.24) is 9.78 Å². The molecule has 0 spiro atoms. The second kappa shape index (κ2) is 7.41. The van der Waals surface area contributed by atoms with E-state index in [-0.39, 0.29) is 11.6 Å². The van der Waals surface area contributed by atoms with E-state index in [4.69, 9.17) is 0 Å². The Morgan fingerprint density at radius 2 is 2.05 bits per heavy atom. The van der Waals surface area contributed by atoms with Gasteiger partial charge in [-0.2, -0.15) is 5.10 Å². The fraction of sp³-hybridized carbons (Fsp3) is 0.375. The third kappa shape index (κ3) is 4.17. The van der Waals surface area contributed by atoms with Crippen molar-refractivity contribution < 1.29 is 0 Å². The first-order valence-corrected chi connectivity index (χ1v) is 7.97. The van der Waals surface area contributed by atoms with E-state index in [2.05, 4.69) is 45.4 Å². The number of nitrogens with one attached hydrogen (secondary N) is 1. The topological polar surface area (TPSA) is 46.9 Å². The average Bonchev–Trinajstić information content (AvgIpc) is 2.48. The van der Waals surface area contributed by atoms with E-state index in [9.17, 15) is 4.79 Å². The molecule has 2 aromatic rings. The fourth-order valence-corrected chi connectivity index (χ4v) is 2.64. The smallest absolute Gasteiger partial charge is 0.283 e. The van der Waals surface area contributed by atoms with Crippen molar-refractivity contribution >= 4 is 21.6 Å². The second-order valence-electron chi connectivity index (χ2n) is 5.14. The van der Waals surface area contributed by atoms with Crippen LogP contribution in [0.1, 0.15) is 25.8 Å². The summed E-state index contributed by atoms with van der Waals surface area (Å²) in [5.74, 6) is 0. The van der Waals surface area contributed by atoms with Gasteiger partial charge in [-0.1, -0.05) is 37.3 Å². The lowest BCUT2D eigenvalue weighted by Crippen LogP contribution is -2.26. The molecule has 1 heterocycles. The van der Waals surface area contributed by atoms with E-state index in [1.165, 1.54) is 10.2 Å². The molecule has 2 rings (SSSR count). The van der Waals surface area contributed by atoms with Crippen molar-refractivity contribution in [2.24, 2.45) is 0 Å². The molecule has 1 aromatic carbocycles. The van der Waals surface area contributed by atoms with Gasteiger partial charge in [-0.05, 0) is 41.3 Å². The van der Waals surface area contributed by atoms with Gasteiger partial charge in [0.25, 0.3) is 5.56 Å². The molecular weight excluding hydrogens is 330 g/mol. The number of anilines is 1. The van der Waals surface area contributed by atoms with Gasteiger partial charge in [0, 0.05) is 12.6 Å². The predicted molar refractivity (Wildman–Crippen MR) is 89.7 cm³/mol. The van der Waals surface area contributed by atoms with Gasteiger partial charge in [0.05, 0.1) is 11.9 Å². The van der Waals surface area contributed by atoms with Gasteiger partial charge in [-0.3, -0.25) is 4.79 Å². The lowest BCUT2D eigenvalue weighted by molar-refractivity contribution is 0.565. The summed E-state index contributed by atoms with van der Waals surface area (Å²) >= 11 is 3.38. The molecule has 5 heteroatoms. The van der Waals surface area contributed by atoms with Gasteiger partial charge in [-0.15, -0.1) is 0 Å². The van der Waals surface area contributed by atoms with Crippen LogP contribution in [-0.2, 0) is 13.0 Å². The standard InChI is InChI=1S/C16H20BrN3O/c1-3-9-20-16(21)15(17)14(11-18-20)19-12(2)10-13-7-5-4-6-8-13/h4-8,11-12,19H,3,9-10H2,1-2H3. The molecule has 0 fully saturated rings. The Kier molecular flexibility index (Phi) is 5.56. The third-order valence-electron chi connectivity index (χ3n) is 3.21. The molecule has 0 aliphatic carbocycles. The van der Waals surface area contributed by atoms with Crippen LogP contribution in [0.25, 0.3) is 0 Å². The maximum absolute atomic E-state index is 12.1. The highest BCUT2D eigenvalue weighted by Gasteiger charge is 2.11. The molecule has 21 heavy (non-hydrogen) atoms. The van der Waals surface area contributed by atoms with Crippen molar-refractivity contribution in [2.45, 2.75) is 39.3 Å². The molecule has 0 amide bonds. The molecule has 0 aliphatic rings. The molecule has 0 radical (unpaired) electrons. The molecule has 0 saturated carbocycles. The summed E-state index contributed by atoms with van der Waals surface area (Å²) in [5.41, 5.74) is 1.92. The summed E-state index contributed by atoms with van der Waals surface area (Å²) in [5, 5.41) is 7.55. The first-order valence-electron chi connectivity index (χ1n) is 7.18. The van der Waals surface area contributed by atoms with Crippen LogP contribution in [0.15, 0.2) is 45.8 Å². The van der Waals surface area contributed by atoms with Gasteiger partial charge in [0.1, 0.15) is 4.47 Å². The Labute approximate surface area is 133 Å². The maximum Gasteiger partial charge on any atom is 0.283 e. The van der Waals surface area contributed by atoms with Crippen LogP contribution in [0.5, 0.6) is 0 Å². The molecule has 4 nitrogen and oxygen atoms in total. The summed E-state index contributed by atoms with van der Waals surface area (Å²) in [4.78, 5) is 12.1. The van der Waals surface area contributed by atoms with Crippen LogP contribution in [0, 0.1) is 0 Å². The fourth-order valence-electron chi connectivity index (χ4n) is 2.22. The van der Waals surface area contributed by atoms with E-state index in [1.807, 2.05) is 25.1 Å². The SMILES string of the molecule is CCCn1ncc(NC(C)Cc2ccccc2)c(Br)c1=O. The van der Waals surface area contributed by atoms with Crippen LogP contribution >= 0.6 is 15.9 Å². The highest BCUT2D eigenvalue weighted by atomic mass is 79.9. The molecular formula is C16H20BrN3O. The number of rotatable bonds is 6. The lowest BCUT2D eigenvalue weighted by Gasteiger charge is -2.16. The quantitative estimate of drug-likeness (QED) is 0.868. The van der Waals surface area contributed by atoms with E-state index in [0.29, 0.717) is 11.0 Å². The van der Waals surface area contributed by atoms with Gasteiger partial charge in [-0.25, -0.2) is 4.68 Å². The van der Waals surface area contributed by atoms with Crippen molar-refractivity contribution in [1.29, 1.82) is 0 Å². The normalized spacial score (nSPS) is 12.1. The summed E-state index contributed by atoms with van der Waals surface area (Å²) in [6.07, 6.45) is 3.49. The van der Waals surface area contributed by atoms with Crippen LogP contribution in [0.3, 0.4) is 0 Å². The van der Waals surface area contributed by atoms with E-state index < -0.39 is 0 Å². The zero-order chi connectivity index (χ0) is 15.2. The molecule has 112 valence electrons. The molecule has 1 atom stereocenters. The Morgan fingerprint density at radius 3 is 2.71 bits per heavy atom. The number of benzene rings is 1. The van der Waals surface area contributed by atoms with Gasteiger partial charge < -0.3 is 5.32 Å². The van der Waals surface area contributed by atoms with Gasteiger partial charge in [0.2, 0.25) is 0 Å². The number of hydrogen-bond acceptors (Lipinski definition) is 3. The van der Waals surface area contributed by atoms with E-state index >= 15 is 0 Å². The third-order valence-corrected chi connectivity index (χ3v) is 3.97. The van der Waals surface area contributed by atoms with Crippen molar-refractivity contribution in [3.8, 4) is 0 Å². The number of aryl methyl sites for hydroxylation is 1. The van der Waals surface area contributed by atoms with E-state index in [0.717, 1.165) is 18.5 Å². The molecule has 1 N–H and O–H groups in total. The van der Waals surface area contributed by atoms with Crippen molar-refractivity contribution in [2.75, 3.05) is 5.32 Å². The zero-order valence-electron chi connectivity index (χ0n) is 12.3. The average molecular weight is 350 g/mol. The molecule has 0 saturated heterocycles. The minimum atomic E-state index is -0.0891. The van der Waals surface area contributed by atoms with Crippen LogP contribution in [-0.4, -0.2) is 15.8 Å². The maximum atomic E-state index is 12.1. The Hall–Kier alpha value is -1.62. The van der Waals surface area contributed by atoms with Crippen molar-refractivity contribution in [3.05, 3.63) is 56.9 Å². The second-order valence-corrected chi connectivity index (χ2v) is 5.93. The van der Waals surface area contributed by atoms with Crippen LogP contribution < -0.4 is 10.9 Å². The Bertz CT molecular complexity index is 640. The minimum Gasteiger partial charge on any atom is -0.380 e. The summed E-state index contributed by atoms with van der Waals surface area (Å²) in [7, 11) is 0. The highest BCUT2D eigenvalue weighted by molar-refractivity contribution is 9.10. The first kappa shape index (κ1) is 15.8. The molecule has 1 aromatic heterocycles. The number of hydrogen-bond donors (Lipinski definition) is 1. The zero-order valence-corrected chi connectivity index (χ0v) is 13.9. The Morgan fingerprint density at radius 1 is 1.33 bits per heavy atom. The predicted octanol–water partition coefficient (Wildman–Crippen LogP) is 3.46. The number of halogens is 1. The van der Waals surface area contributed by atoms with Gasteiger partial charge in [0.15, 0.2) is 0 Å². The Balaban J connectivity index is 2.09. The first-order chi connectivity index (χ1) is 10.1. The number of nitrogens with zero attached hydrogens (tertiary/aromatic N) is 2. The lowest BCUT2D eigenvalue weighted by atomic mass is 10.1. The monoisotopic (exact) mass is 349 g/mol. The summed E-state index contributed by atoms with van der Waals surface area (Å²) < 4.78 is 2.03. The highest BCUT2D eigenvalue weighted by Crippen LogP contribution is 2.18. The summed E-state index contributed by atoms with van der Waals surface area (Å²) in [6.45, 7) is 4.75. The van der Waals surface area contributed by atoms with E-state index in [1.54, 1.807) is 6.20 Å². The molecule has 1 unspecified atom stereocenters. The molecule has 0 aliphatic heterocycles. The number of aromatic nitrogens is 2. The van der Waals surface area contributed by atoms with Crippen molar-refractivity contribution in [3.63, 3.8) is 0 Å².